The number of ether oxygens (including phenoxy) is 1. The van der Waals surface area contributed by atoms with Gasteiger partial charge in [0, 0.05) is 19.2 Å². The Labute approximate surface area is 174 Å². The van der Waals surface area contributed by atoms with Crippen LogP contribution in [0.3, 0.4) is 0 Å². The number of hydrogen-bond donors (Lipinski definition) is 1. The molecule has 0 aliphatic carbocycles. The molecule has 1 fully saturated rings. The third kappa shape index (κ3) is 5.37. The van der Waals surface area contributed by atoms with E-state index in [1.807, 2.05) is 4.90 Å². The molecule has 0 radical (unpaired) electrons. The summed E-state index contributed by atoms with van der Waals surface area (Å²) in [7, 11) is 0. The second-order valence-corrected chi connectivity index (χ2v) is 7.74. The van der Waals surface area contributed by atoms with Crippen LogP contribution in [-0.4, -0.2) is 36.5 Å². The highest BCUT2D eigenvalue weighted by molar-refractivity contribution is 5.93. The zero-order chi connectivity index (χ0) is 21.7. The lowest BCUT2D eigenvalue weighted by Crippen LogP contribution is -2.39. The lowest BCUT2D eigenvalue weighted by Gasteiger charge is -2.36. The lowest BCUT2D eigenvalue weighted by molar-refractivity contribution is -0.384. The maximum atomic E-state index is 12.3. The summed E-state index contributed by atoms with van der Waals surface area (Å²) in [5, 5.41) is 14.2. The molecule has 1 aliphatic heterocycles. The number of carbonyl (C=O) groups excluding carboxylic acids is 2. The molecule has 1 N–H and O–H groups in total. The Bertz CT molecular complexity index is 901. The molecule has 2 aromatic rings. The fraction of sp³-hybridized carbons (Fsp3) is 0.429. The van der Waals surface area contributed by atoms with E-state index in [2.05, 4.69) is 19.2 Å². The SMILES string of the molecule is C[C@H]1C[C@H](C)CN(c2ccc(C(=O)OCC(=O)NCc3ccco3)cc2[N+](=O)[O-])C1. The van der Waals surface area contributed by atoms with Gasteiger partial charge in [-0.3, -0.25) is 14.9 Å². The minimum atomic E-state index is -0.793. The molecule has 9 heteroatoms. The van der Waals surface area contributed by atoms with Crippen LogP contribution in [0.5, 0.6) is 0 Å². The monoisotopic (exact) mass is 415 g/mol. The van der Waals surface area contributed by atoms with Crippen LogP contribution in [0.25, 0.3) is 0 Å². The zero-order valence-electron chi connectivity index (χ0n) is 17.0. The minimum absolute atomic E-state index is 0.0300. The number of furan rings is 1. The van der Waals surface area contributed by atoms with Gasteiger partial charge in [-0.1, -0.05) is 13.8 Å². The van der Waals surface area contributed by atoms with Crippen molar-refractivity contribution in [3.05, 3.63) is 58.0 Å². The van der Waals surface area contributed by atoms with Crippen molar-refractivity contribution in [3.8, 4) is 0 Å². The topological polar surface area (TPSA) is 115 Å². The van der Waals surface area contributed by atoms with Gasteiger partial charge in [0.1, 0.15) is 11.4 Å². The summed E-state index contributed by atoms with van der Waals surface area (Å²) in [6, 6.07) is 7.69. The number of anilines is 1. The van der Waals surface area contributed by atoms with Gasteiger partial charge in [-0.2, -0.15) is 0 Å². The van der Waals surface area contributed by atoms with Crippen molar-refractivity contribution in [1.82, 2.24) is 5.32 Å². The molecule has 1 aromatic heterocycles. The molecule has 1 amide bonds. The van der Waals surface area contributed by atoms with Crippen molar-refractivity contribution in [2.24, 2.45) is 11.8 Å². The molecule has 1 saturated heterocycles. The van der Waals surface area contributed by atoms with E-state index in [9.17, 15) is 19.7 Å². The van der Waals surface area contributed by atoms with Crippen LogP contribution in [0, 0.1) is 22.0 Å². The second kappa shape index (κ2) is 9.43. The van der Waals surface area contributed by atoms with E-state index in [1.165, 1.54) is 18.4 Å². The third-order valence-corrected chi connectivity index (χ3v) is 4.99. The van der Waals surface area contributed by atoms with Gasteiger partial charge in [0.05, 0.1) is 23.3 Å². The van der Waals surface area contributed by atoms with Crippen LogP contribution in [0.15, 0.2) is 41.0 Å². The molecule has 1 aliphatic rings. The van der Waals surface area contributed by atoms with Gasteiger partial charge >= 0.3 is 5.97 Å². The number of esters is 1. The minimum Gasteiger partial charge on any atom is -0.467 e. The zero-order valence-corrected chi connectivity index (χ0v) is 17.0. The van der Waals surface area contributed by atoms with Crippen LogP contribution in [0.2, 0.25) is 0 Å². The number of piperidine rings is 1. The van der Waals surface area contributed by atoms with E-state index in [0.29, 0.717) is 23.3 Å². The van der Waals surface area contributed by atoms with E-state index >= 15 is 0 Å². The van der Waals surface area contributed by atoms with E-state index in [-0.39, 0.29) is 17.8 Å². The first kappa shape index (κ1) is 21.4. The Morgan fingerprint density at radius 1 is 1.27 bits per heavy atom. The summed E-state index contributed by atoms with van der Waals surface area (Å²) >= 11 is 0. The molecule has 0 bridgehead atoms. The number of nitrogens with zero attached hydrogens (tertiary/aromatic N) is 2. The average Bonchev–Trinajstić information content (AvgIpc) is 3.23. The number of amides is 1. The van der Waals surface area contributed by atoms with Crippen molar-refractivity contribution >= 4 is 23.3 Å². The van der Waals surface area contributed by atoms with Crippen LogP contribution in [-0.2, 0) is 16.1 Å². The largest absolute Gasteiger partial charge is 0.467 e. The molecule has 2 atom stereocenters. The number of nitro groups is 1. The third-order valence-electron chi connectivity index (χ3n) is 4.99. The molecule has 0 spiro atoms. The Hall–Kier alpha value is -3.36. The first-order chi connectivity index (χ1) is 14.3. The first-order valence-corrected chi connectivity index (χ1v) is 9.83. The molecular formula is C21H25N3O6. The molecule has 2 heterocycles. The normalized spacial score (nSPS) is 18.7. The summed E-state index contributed by atoms with van der Waals surface area (Å²) in [6.07, 6.45) is 2.57. The number of hydrogen-bond acceptors (Lipinski definition) is 7. The van der Waals surface area contributed by atoms with Gasteiger partial charge in [0.2, 0.25) is 0 Å². The highest BCUT2D eigenvalue weighted by Crippen LogP contribution is 2.34. The Balaban J connectivity index is 1.64. The molecule has 1 aromatic carbocycles. The summed E-state index contributed by atoms with van der Waals surface area (Å²) in [5.74, 6) is 0.137. The van der Waals surface area contributed by atoms with Gasteiger partial charge in [-0.05, 0) is 42.5 Å². The fourth-order valence-electron chi connectivity index (χ4n) is 3.79. The maximum absolute atomic E-state index is 12.3. The van der Waals surface area contributed by atoms with Gasteiger partial charge in [0.25, 0.3) is 11.6 Å². The number of benzene rings is 1. The molecule has 9 nitrogen and oxygen atoms in total. The molecule has 160 valence electrons. The Kier molecular flexibility index (Phi) is 6.71. The summed E-state index contributed by atoms with van der Waals surface area (Å²) in [4.78, 5) is 37.2. The average molecular weight is 415 g/mol. The predicted octanol–water partition coefficient (Wildman–Crippen LogP) is 3.14. The highest BCUT2D eigenvalue weighted by Gasteiger charge is 2.28. The van der Waals surface area contributed by atoms with Gasteiger partial charge < -0.3 is 19.4 Å². The maximum Gasteiger partial charge on any atom is 0.338 e. The lowest BCUT2D eigenvalue weighted by atomic mass is 9.91. The van der Waals surface area contributed by atoms with Crippen LogP contribution in [0.1, 0.15) is 36.4 Å². The van der Waals surface area contributed by atoms with Crippen molar-refractivity contribution in [2.75, 3.05) is 24.6 Å². The van der Waals surface area contributed by atoms with Gasteiger partial charge in [0.15, 0.2) is 6.61 Å². The van der Waals surface area contributed by atoms with E-state index < -0.39 is 23.4 Å². The number of rotatable bonds is 7. The van der Waals surface area contributed by atoms with E-state index in [4.69, 9.17) is 9.15 Å². The van der Waals surface area contributed by atoms with Crippen LogP contribution in [0.4, 0.5) is 11.4 Å². The fourth-order valence-corrected chi connectivity index (χ4v) is 3.79. The van der Waals surface area contributed by atoms with E-state index in [1.54, 1.807) is 18.2 Å². The van der Waals surface area contributed by atoms with Crippen LogP contribution < -0.4 is 10.2 Å². The molecule has 30 heavy (non-hydrogen) atoms. The molecule has 3 rings (SSSR count). The number of nitrogens with one attached hydrogen (secondary N) is 1. The predicted molar refractivity (Wildman–Crippen MR) is 109 cm³/mol. The summed E-state index contributed by atoms with van der Waals surface area (Å²) in [5.41, 5.74) is 0.376. The second-order valence-electron chi connectivity index (χ2n) is 7.74. The van der Waals surface area contributed by atoms with Crippen molar-refractivity contribution in [3.63, 3.8) is 0 Å². The van der Waals surface area contributed by atoms with E-state index in [0.717, 1.165) is 19.5 Å². The standard InChI is InChI=1S/C21H25N3O6/c1-14-8-15(2)12-23(11-14)18-6-5-16(9-19(18)24(27)28)21(26)30-13-20(25)22-10-17-4-3-7-29-17/h3-7,9,14-15H,8,10-13H2,1-2H3,(H,22,25)/t14-,15-/m0/s1. The quantitative estimate of drug-likeness (QED) is 0.420. The van der Waals surface area contributed by atoms with Crippen LogP contribution >= 0.6 is 0 Å². The smallest absolute Gasteiger partial charge is 0.338 e. The Morgan fingerprint density at radius 2 is 2.00 bits per heavy atom. The molecule has 0 saturated carbocycles. The summed E-state index contributed by atoms with van der Waals surface area (Å²) < 4.78 is 10.1. The van der Waals surface area contributed by atoms with Crippen molar-refractivity contribution in [1.29, 1.82) is 0 Å². The van der Waals surface area contributed by atoms with Gasteiger partial charge in [-0.15, -0.1) is 0 Å². The van der Waals surface area contributed by atoms with Gasteiger partial charge in [-0.25, -0.2) is 4.79 Å². The number of nitro benzene ring substituents is 1. The van der Waals surface area contributed by atoms with Crippen molar-refractivity contribution in [2.45, 2.75) is 26.8 Å². The summed E-state index contributed by atoms with van der Waals surface area (Å²) in [6.45, 7) is 5.39. The highest BCUT2D eigenvalue weighted by atomic mass is 16.6. The first-order valence-electron chi connectivity index (χ1n) is 9.83. The van der Waals surface area contributed by atoms with Crippen molar-refractivity contribution < 1.29 is 23.7 Å². The number of carbonyl (C=O) groups is 2. The Morgan fingerprint density at radius 3 is 2.63 bits per heavy atom. The molecule has 0 unspecified atom stereocenters. The molecular weight excluding hydrogens is 390 g/mol.